The average molecular weight is 213 g/mol. The van der Waals surface area contributed by atoms with E-state index in [2.05, 4.69) is 6.07 Å². The largest absolute Gasteiger partial charge is 0.465 e. The van der Waals surface area contributed by atoms with Crippen molar-refractivity contribution in [3.63, 3.8) is 0 Å². The van der Waals surface area contributed by atoms with E-state index >= 15 is 0 Å². The predicted molar refractivity (Wildman–Crippen MR) is 58.6 cm³/mol. The maximum atomic E-state index is 12.7. The van der Waals surface area contributed by atoms with E-state index < -0.39 is 0 Å². The van der Waals surface area contributed by atoms with Gasteiger partial charge in [-0.1, -0.05) is 12.1 Å². The van der Waals surface area contributed by atoms with E-state index in [0.29, 0.717) is 16.9 Å². The van der Waals surface area contributed by atoms with Crippen LogP contribution in [0.4, 0.5) is 4.39 Å². The van der Waals surface area contributed by atoms with Gasteiger partial charge in [0.15, 0.2) is 0 Å². The average Bonchev–Trinajstić information content (AvgIpc) is 2.80. The number of rotatable bonds is 2. The van der Waals surface area contributed by atoms with Gasteiger partial charge in [0.1, 0.15) is 11.6 Å². The van der Waals surface area contributed by atoms with Crippen molar-refractivity contribution >= 4 is 11.6 Å². The fraction of sp³-hybridized carbons (Fsp3) is 0. The molecule has 0 aliphatic carbocycles. The Morgan fingerprint density at radius 2 is 2.00 bits per heavy atom. The standard InChI is InChI=1S/C13H8FNO/c14-12-5-3-10(4-6-12)11(9-15)8-13-2-1-7-16-13/h1-8H/b11-8-. The zero-order valence-corrected chi connectivity index (χ0v) is 8.35. The molecule has 0 N–H and O–H groups in total. The van der Waals surface area contributed by atoms with Gasteiger partial charge in [0.25, 0.3) is 0 Å². The summed E-state index contributed by atoms with van der Waals surface area (Å²) in [4.78, 5) is 0. The number of halogens is 1. The zero-order valence-electron chi connectivity index (χ0n) is 8.35. The van der Waals surface area contributed by atoms with E-state index in [1.54, 1.807) is 30.3 Å². The number of hydrogen-bond acceptors (Lipinski definition) is 2. The SMILES string of the molecule is N#C/C(=C/c1ccco1)c1ccc(F)cc1. The Morgan fingerprint density at radius 1 is 1.25 bits per heavy atom. The molecule has 0 saturated heterocycles. The summed E-state index contributed by atoms with van der Waals surface area (Å²) in [6, 6.07) is 11.3. The van der Waals surface area contributed by atoms with Crippen LogP contribution in [0.25, 0.3) is 11.6 Å². The van der Waals surface area contributed by atoms with Crippen molar-refractivity contribution < 1.29 is 8.81 Å². The summed E-state index contributed by atoms with van der Waals surface area (Å²) in [5.74, 6) is 0.278. The van der Waals surface area contributed by atoms with Crippen LogP contribution >= 0.6 is 0 Å². The number of nitrogens with zero attached hydrogens (tertiary/aromatic N) is 1. The molecule has 0 atom stereocenters. The van der Waals surface area contributed by atoms with Gasteiger partial charge in [0.2, 0.25) is 0 Å². The molecule has 0 radical (unpaired) electrons. The minimum absolute atomic E-state index is 0.320. The fourth-order valence-electron chi connectivity index (χ4n) is 1.33. The van der Waals surface area contributed by atoms with Crippen molar-refractivity contribution in [2.45, 2.75) is 0 Å². The van der Waals surface area contributed by atoms with Gasteiger partial charge in [-0.3, -0.25) is 0 Å². The van der Waals surface area contributed by atoms with E-state index in [1.807, 2.05) is 0 Å². The van der Waals surface area contributed by atoms with Gasteiger partial charge in [-0.15, -0.1) is 0 Å². The van der Waals surface area contributed by atoms with E-state index in [0.717, 1.165) is 0 Å². The van der Waals surface area contributed by atoms with E-state index in [4.69, 9.17) is 9.68 Å². The molecule has 2 nitrogen and oxygen atoms in total. The summed E-state index contributed by atoms with van der Waals surface area (Å²) in [6.45, 7) is 0. The van der Waals surface area contributed by atoms with Gasteiger partial charge in [-0.05, 0) is 35.9 Å². The lowest BCUT2D eigenvalue weighted by atomic mass is 10.1. The highest BCUT2D eigenvalue weighted by Crippen LogP contribution is 2.18. The Balaban J connectivity index is 2.37. The van der Waals surface area contributed by atoms with Crippen molar-refractivity contribution in [1.29, 1.82) is 5.26 Å². The molecule has 3 heteroatoms. The van der Waals surface area contributed by atoms with Gasteiger partial charge >= 0.3 is 0 Å². The van der Waals surface area contributed by atoms with Gasteiger partial charge in [0.05, 0.1) is 17.9 Å². The lowest BCUT2D eigenvalue weighted by Crippen LogP contribution is -1.82. The highest BCUT2D eigenvalue weighted by atomic mass is 19.1. The molecule has 0 unspecified atom stereocenters. The summed E-state index contributed by atoms with van der Waals surface area (Å²) in [7, 11) is 0. The third-order valence-corrected chi connectivity index (χ3v) is 2.11. The Morgan fingerprint density at radius 3 is 2.56 bits per heavy atom. The molecule has 16 heavy (non-hydrogen) atoms. The highest BCUT2D eigenvalue weighted by Gasteiger charge is 2.02. The quantitative estimate of drug-likeness (QED) is 0.716. The smallest absolute Gasteiger partial charge is 0.127 e. The van der Waals surface area contributed by atoms with Gasteiger partial charge < -0.3 is 4.42 Å². The van der Waals surface area contributed by atoms with Crippen LogP contribution in [-0.2, 0) is 0 Å². The van der Waals surface area contributed by atoms with Crippen LogP contribution in [0.1, 0.15) is 11.3 Å². The maximum absolute atomic E-state index is 12.7. The van der Waals surface area contributed by atoms with Crippen molar-refractivity contribution in [1.82, 2.24) is 0 Å². The van der Waals surface area contributed by atoms with Crippen LogP contribution in [0.3, 0.4) is 0 Å². The minimum atomic E-state index is -0.320. The Bertz CT molecular complexity index is 532. The Kier molecular flexibility index (Phi) is 2.84. The van der Waals surface area contributed by atoms with Crippen LogP contribution in [-0.4, -0.2) is 0 Å². The lowest BCUT2D eigenvalue weighted by molar-refractivity contribution is 0.557. The molecule has 1 aromatic carbocycles. The molecule has 0 amide bonds. The van der Waals surface area contributed by atoms with Crippen LogP contribution < -0.4 is 0 Å². The first kappa shape index (κ1) is 10.2. The Labute approximate surface area is 92.2 Å². The minimum Gasteiger partial charge on any atom is -0.465 e. The number of hydrogen-bond donors (Lipinski definition) is 0. The van der Waals surface area contributed by atoms with Crippen LogP contribution in [0.5, 0.6) is 0 Å². The lowest BCUT2D eigenvalue weighted by Gasteiger charge is -1.97. The molecular weight excluding hydrogens is 205 g/mol. The van der Waals surface area contributed by atoms with Crippen molar-refractivity contribution in [3.05, 3.63) is 59.8 Å². The topological polar surface area (TPSA) is 36.9 Å². The van der Waals surface area contributed by atoms with Crippen molar-refractivity contribution in [2.75, 3.05) is 0 Å². The predicted octanol–water partition coefficient (Wildman–Crippen LogP) is 3.48. The number of furan rings is 1. The molecule has 0 aliphatic heterocycles. The molecule has 0 spiro atoms. The summed E-state index contributed by atoms with van der Waals surface area (Å²) in [5, 5.41) is 8.99. The number of allylic oxidation sites excluding steroid dienone is 1. The summed E-state index contributed by atoms with van der Waals surface area (Å²) in [6.07, 6.45) is 3.15. The first-order valence-corrected chi connectivity index (χ1v) is 4.71. The monoisotopic (exact) mass is 213 g/mol. The third-order valence-electron chi connectivity index (χ3n) is 2.11. The van der Waals surface area contributed by atoms with Crippen molar-refractivity contribution in [2.24, 2.45) is 0 Å². The second-order valence-corrected chi connectivity index (χ2v) is 3.19. The molecule has 0 saturated carbocycles. The highest BCUT2D eigenvalue weighted by molar-refractivity contribution is 5.88. The van der Waals surface area contributed by atoms with E-state index in [-0.39, 0.29) is 5.82 Å². The van der Waals surface area contributed by atoms with Gasteiger partial charge in [0, 0.05) is 0 Å². The molecule has 0 bridgehead atoms. The summed E-state index contributed by atoms with van der Waals surface area (Å²) >= 11 is 0. The molecule has 78 valence electrons. The molecule has 1 heterocycles. The second-order valence-electron chi connectivity index (χ2n) is 3.19. The summed E-state index contributed by atoms with van der Waals surface area (Å²) < 4.78 is 17.8. The number of nitriles is 1. The molecule has 2 rings (SSSR count). The fourth-order valence-corrected chi connectivity index (χ4v) is 1.33. The van der Waals surface area contributed by atoms with Crippen LogP contribution in [0, 0.1) is 17.1 Å². The molecule has 2 aromatic rings. The molecule has 0 aliphatic rings. The molecular formula is C13H8FNO. The summed E-state index contributed by atoms with van der Waals surface area (Å²) in [5.41, 5.74) is 1.11. The van der Waals surface area contributed by atoms with Crippen molar-refractivity contribution in [3.8, 4) is 6.07 Å². The van der Waals surface area contributed by atoms with Crippen LogP contribution in [0.15, 0.2) is 47.1 Å². The van der Waals surface area contributed by atoms with Gasteiger partial charge in [-0.25, -0.2) is 4.39 Å². The Hall–Kier alpha value is -2.34. The van der Waals surface area contributed by atoms with Gasteiger partial charge in [-0.2, -0.15) is 5.26 Å². The molecule has 0 fully saturated rings. The zero-order chi connectivity index (χ0) is 11.4. The molecule has 1 aromatic heterocycles. The van der Waals surface area contributed by atoms with E-state index in [9.17, 15) is 4.39 Å². The number of benzene rings is 1. The second kappa shape index (κ2) is 4.45. The first-order valence-electron chi connectivity index (χ1n) is 4.71. The van der Waals surface area contributed by atoms with E-state index in [1.165, 1.54) is 18.4 Å². The normalized spacial score (nSPS) is 11.1. The third kappa shape index (κ3) is 2.18. The maximum Gasteiger partial charge on any atom is 0.127 e. The first-order chi connectivity index (χ1) is 7.79. The van der Waals surface area contributed by atoms with Crippen LogP contribution in [0.2, 0.25) is 0 Å².